The van der Waals surface area contributed by atoms with E-state index in [-0.39, 0.29) is 11.8 Å². The van der Waals surface area contributed by atoms with E-state index >= 15 is 0 Å². The van der Waals surface area contributed by atoms with E-state index in [0.29, 0.717) is 27.9 Å². The van der Waals surface area contributed by atoms with Crippen molar-refractivity contribution in [1.82, 2.24) is 5.32 Å². The Morgan fingerprint density at radius 2 is 1.78 bits per heavy atom. The van der Waals surface area contributed by atoms with Gasteiger partial charge >= 0.3 is 0 Å². The number of anilines is 1. The van der Waals surface area contributed by atoms with E-state index in [9.17, 15) is 9.59 Å². The van der Waals surface area contributed by atoms with Gasteiger partial charge in [0.1, 0.15) is 0 Å². The van der Waals surface area contributed by atoms with Crippen molar-refractivity contribution in [2.75, 3.05) is 5.32 Å². The van der Waals surface area contributed by atoms with Crippen LogP contribution in [0.2, 0.25) is 5.02 Å². The van der Waals surface area contributed by atoms with Crippen molar-refractivity contribution in [2.24, 2.45) is 0 Å². The second-order valence-corrected chi connectivity index (χ2v) is 6.98. The highest BCUT2D eigenvalue weighted by Gasteiger charge is 2.23. The van der Waals surface area contributed by atoms with Crippen LogP contribution in [-0.2, 0) is 0 Å². The molecule has 0 spiro atoms. The summed E-state index contributed by atoms with van der Waals surface area (Å²) in [7, 11) is 0. The first-order valence-electron chi connectivity index (χ1n) is 7.20. The Balaban J connectivity index is 1.72. The van der Waals surface area contributed by atoms with Gasteiger partial charge in [-0.2, -0.15) is 0 Å². The number of nitrogens with one attached hydrogen (secondary N) is 2. The molecule has 2 aromatic rings. The maximum Gasteiger partial charge on any atom is 0.255 e. The zero-order valence-electron chi connectivity index (χ0n) is 12.1. The zero-order chi connectivity index (χ0) is 16.4. The second kappa shape index (κ2) is 6.88. The van der Waals surface area contributed by atoms with Gasteiger partial charge in [0.2, 0.25) is 0 Å². The summed E-state index contributed by atoms with van der Waals surface area (Å²) in [6, 6.07) is 12.3. The van der Waals surface area contributed by atoms with Crippen LogP contribution in [-0.4, -0.2) is 17.9 Å². The van der Waals surface area contributed by atoms with Gasteiger partial charge in [0, 0.05) is 26.4 Å². The lowest BCUT2D eigenvalue weighted by Gasteiger charge is -2.08. The van der Waals surface area contributed by atoms with Gasteiger partial charge in [-0.25, -0.2) is 0 Å². The maximum atomic E-state index is 12.3. The Bertz CT molecular complexity index is 775. The van der Waals surface area contributed by atoms with Crippen LogP contribution in [0.4, 0.5) is 5.69 Å². The summed E-state index contributed by atoms with van der Waals surface area (Å²) in [5, 5.41) is 6.34. The summed E-state index contributed by atoms with van der Waals surface area (Å²) < 4.78 is 0.814. The number of hydrogen-bond acceptors (Lipinski definition) is 2. The maximum absolute atomic E-state index is 12.3. The van der Waals surface area contributed by atoms with E-state index in [1.807, 2.05) is 0 Å². The Kier molecular flexibility index (Phi) is 4.87. The lowest BCUT2D eigenvalue weighted by Crippen LogP contribution is -2.25. The van der Waals surface area contributed by atoms with Crippen LogP contribution in [0, 0.1) is 3.57 Å². The van der Waals surface area contributed by atoms with Crippen LogP contribution in [0.1, 0.15) is 33.6 Å². The molecule has 1 aliphatic rings. The van der Waals surface area contributed by atoms with Crippen LogP contribution >= 0.6 is 34.2 Å². The highest BCUT2D eigenvalue weighted by atomic mass is 127. The second-order valence-electron chi connectivity index (χ2n) is 5.41. The van der Waals surface area contributed by atoms with Crippen LogP contribution in [0.25, 0.3) is 0 Å². The lowest BCUT2D eigenvalue weighted by molar-refractivity contribution is 0.0949. The molecule has 2 amide bonds. The van der Waals surface area contributed by atoms with Crippen LogP contribution in [0.5, 0.6) is 0 Å². The minimum Gasteiger partial charge on any atom is -0.349 e. The Morgan fingerprint density at radius 3 is 2.48 bits per heavy atom. The summed E-state index contributed by atoms with van der Waals surface area (Å²) in [5.74, 6) is -0.344. The topological polar surface area (TPSA) is 58.2 Å². The average Bonchev–Trinajstić information content (AvgIpc) is 3.34. The van der Waals surface area contributed by atoms with Gasteiger partial charge in [0.25, 0.3) is 11.8 Å². The normalized spacial score (nSPS) is 13.5. The SMILES string of the molecule is O=C(Nc1cccc(C(=O)NC2CC2)c1)c1ccc(Cl)c(I)c1. The standard InChI is InChI=1S/C17H14ClIN2O2/c18-14-7-4-11(9-15(14)19)17(23)21-13-3-1-2-10(8-13)16(22)20-12-5-6-12/h1-4,7-9,12H,5-6H2,(H,20,22)(H,21,23). The summed E-state index contributed by atoms with van der Waals surface area (Å²) in [6.07, 6.45) is 2.08. The molecule has 0 unspecified atom stereocenters. The molecule has 1 aliphatic carbocycles. The van der Waals surface area contributed by atoms with Crippen molar-refractivity contribution < 1.29 is 9.59 Å². The molecule has 1 fully saturated rings. The van der Waals surface area contributed by atoms with Gasteiger partial charge < -0.3 is 10.6 Å². The molecule has 118 valence electrons. The first-order chi connectivity index (χ1) is 11.0. The highest BCUT2D eigenvalue weighted by Crippen LogP contribution is 2.21. The Morgan fingerprint density at radius 1 is 1.04 bits per heavy atom. The highest BCUT2D eigenvalue weighted by molar-refractivity contribution is 14.1. The van der Waals surface area contributed by atoms with E-state index in [4.69, 9.17) is 11.6 Å². The number of hydrogen-bond donors (Lipinski definition) is 2. The third-order valence-electron chi connectivity index (χ3n) is 3.48. The molecule has 0 saturated heterocycles. The molecule has 1 saturated carbocycles. The molecule has 0 heterocycles. The molecule has 0 bridgehead atoms. The molecule has 0 radical (unpaired) electrons. The molecule has 0 aromatic heterocycles. The third-order valence-corrected chi connectivity index (χ3v) is 5.02. The largest absolute Gasteiger partial charge is 0.349 e. The van der Waals surface area contributed by atoms with Crippen LogP contribution in [0.15, 0.2) is 42.5 Å². The molecule has 2 aromatic carbocycles. The zero-order valence-corrected chi connectivity index (χ0v) is 15.0. The van der Waals surface area contributed by atoms with Crippen molar-refractivity contribution in [3.8, 4) is 0 Å². The fraction of sp³-hybridized carbons (Fsp3) is 0.176. The fourth-order valence-electron chi connectivity index (χ4n) is 2.08. The van der Waals surface area contributed by atoms with Gasteiger partial charge in [0.05, 0.1) is 5.02 Å². The molecule has 0 atom stereocenters. The third kappa shape index (κ3) is 4.23. The smallest absolute Gasteiger partial charge is 0.255 e. The predicted molar refractivity (Wildman–Crippen MR) is 99.1 cm³/mol. The first kappa shape index (κ1) is 16.3. The number of benzene rings is 2. The quantitative estimate of drug-likeness (QED) is 0.704. The molecule has 23 heavy (non-hydrogen) atoms. The van der Waals surface area contributed by atoms with Gasteiger partial charge in [-0.3, -0.25) is 9.59 Å². The summed E-state index contributed by atoms with van der Waals surface area (Å²) >= 11 is 8.04. The van der Waals surface area contributed by atoms with Crippen molar-refractivity contribution >= 4 is 51.7 Å². The van der Waals surface area contributed by atoms with Gasteiger partial charge in [-0.15, -0.1) is 0 Å². The molecular formula is C17H14ClIN2O2. The van der Waals surface area contributed by atoms with Gasteiger partial charge in [-0.1, -0.05) is 17.7 Å². The first-order valence-corrected chi connectivity index (χ1v) is 8.66. The lowest BCUT2D eigenvalue weighted by atomic mass is 10.1. The summed E-state index contributed by atoms with van der Waals surface area (Å²) in [4.78, 5) is 24.3. The van der Waals surface area contributed by atoms with Crippen LogP contribution < -0.4 is 10.6 Å². The van der Waals surface area contributed by atoms with E-state index < -0.39 is 0 Å². The number of halogens is 2. The number of amides is 2. The van der Waals surface area contributed by atoms with Gasteiger partial charge in [0.15, 0.2) is 0 Å². The van der Waals surface area contributed by atoms with Gasteiger partial charge in [-0.05, 0) is 71.8 Å². The number of carbonyl (C=O) groups is 2. The van der Waals surface area contributed by atoms with Crippen molar-refractivity contribution in [3.63, 3.8) is 0 Å². The van der Waals surface area contributed by atoms with E-state index in [1.165, 1.54) is 0 Å². The average molecular weight is 441 g/mol. The molecule has 4 nitrogen and oxygen atoms in total. The fourth-order valence-corrected chi connectivity index (χ4v) is 2.71. The number of carbonyl (C=O) groups excluding carboxylic acids is 2. The molecule has 3 rings (SSSR count). The van der Waals surface area contributed by atoms with Crippen molar-refractivity contribution in [2.45, 2.75) is 18.9 Å². The Labute approximate surface area is 152 Å². The van der Waals surface area contributed by atoms with E-state index in [1.54, 1.807) is 42.5 Å². The molecule has 0 aliphatic heterocycles. The molecule has 6 heteroatoms. The van der Waals surface area contributed by atoms with E-state index in [0.717, 1.165) is 16.4 Å². The van der Waals surface area contributed by atoms with Crippen LogP contribution in [0.3, 0.4) is 0 Å². The minimum absolute atomic E-state index is 0.107. The van der Waals surface area contributed by atoms with E-state index in [2.05, 4.69) is 33.2 Å². The van der Waals surface area contributed by atoms with Crippen molar-refractivity contribution in [3.05, 3.63) is 62.2 Å². The summed E-state index contributed by atoms with van der Waals surface area (Å²) in [5.41, 5.74) is 1.65. The monoisotopic (exact) mass is 440 g/mol. The predicted octanol–water partition coefficient (Wildman–Crippen LogP) is 4.09. The minimum atomic E-state index is -0.237. The summed E-state index contributed by atoms with van der Waals surface area (Å²) in [6.45, 7) is 0. The molecule has 2 N–H and O–H groups in total. The Hall–Kier alpha value is -1.60. The number of rotatable bonds is 4. The molecular weight excluding hydrogens is 427 g/mol. The van der Waals surface area contributed by atoms with Crippen molar-refractivity contribution in [1.29, 1.82) is 0 Å².